The van der Waals surface area contributed by atoms with Gasteiger partial charge in [-0.3, -0.25) is 0 Å². The lowest BCUT2D eigenvalue weighted by atomic mass is 10.3. The third kappa shape index (κ3) is 6.66. The summed E-state index contributed by atoms with van der Waals surface area (Å²) in [5.74, 6) is 0.903. The van der Waals surface area contributed by atoms with Crippen LogP contribution in [0.3, 0.4) is 0 Å². The van der Waals surface area contributed by atoms with E-state index in [9.17, 15) is 0 Å². The predicted octanol–water partition coefficient (Wildman–Crippen LogP) is 1.33. The van der Waals surface area contributed by atoms with E-state index in [1.54, 1.807) is 0 Å². The van der Waals surface area contributed by atoms with Gasteiger partial charge in [-0.05, 0) is 25.0 Å². The SMILES string of the molecule is OC(S)CCCCS. The normalized spacial score (nSPS) is 13.9. The molecule has 0 saturated carbocycles. The summed E-state index contributed by atoms with van der Waals surface area (Å²) in [7, 11) is 0. The molecule has 0 aromatic rings. The molecule has 0 aliphatic carbocycles. The van der Waals surface area contributed by atoms with Gasteiger partial charge in [0.05, 0.1) is 5.44 Å². The van der Waals surface area contributed by atoms with Gasteiger partial charge in [0, 0.05) is 0 Å². The Morgan fingerprint density at radius 3 is 2.38 bits per heavy atom. The highest BCUT2D eigenvalue weighted by Gasteiger charge is 1.93. The fraction of sp³-hybridized carbons (Fsp3) is 1.00. The highest BCUT2D eigenvalue weighted by molar-refractivity contribution is 7.80. The summed E-state index contributed by atoms with van der Waals surface area (Å²) in [5, 5.41) is 8.62. The Bertz CT molecular complexity index is 47.7. The molecule has 0 amide bonds. The van der Waals surface area contributed by atoms with E-state index in [-0.39, 0.29) is 0 Å². The molecular formula is C5H12OS2. The molecule has 0 radical (unpaired) electrons. The van der Waals surface area contributed by atoms with Crippen molar-refractivity contribution < 1.29 is 5.11 Å². The monoisotopic (exact) mass is 152 g/mol. The van der Waals surface area contributed by atoms with Gasteiger partial charge in [-0.2, -0.15) is 12.6 Å². The largest absolute Gasteiger partial charge is 0.383 e. The first-order valence-corrected chi connectivity index (χ1v) is 3.89. The van der Waals surface area contributed by atoms with Gasteiger partial charge in [0.15, 0.2) is 0 Å². The molecule has 3 heteroatoms. The van der Waals surface area contributed by atoms with Crippen molar-refractivity contribution in [2.75, 3.05) is 5.75 Å². The number of hydrogen-bond acceptors (Lipinski definition) is 3. The lowest BCUT2D eigenvalue weighted by Gasteiger charge is -1.99. The van der Waals surface area contributed by atoms with Crippen molar-refractivity contribution in [3.05, 3.63) is 0 Å². The molecule has 0 aromatic carbocycles. The Labute approximate surface area is 61.3 Å². The van der Waals surface area contributed by atoms with Crippen molar-refractivity contribution >= 4 is 25.3 Å². The molecule has 0 bridgehead atoms. The minimum Gasteiger partial charge on any atom is -0.383 e. The molecule has 0 saturated heterocycles. The molecule has 0 aliphatic rings. The lowest BCUT2D eigenvalue weighted by Crippen LogP contribution is -1.94. The summed E-state index contributed by atoms with van der Waals surface area (Å²) < 4.78 is 0. The highest BCUT2D eigenvalue weighted by atomic mass is 32.1. The second-order valence-electron chi connectivity index (χ2n) is 1.70. The maximum atomic E-state index is 8.62. The number of aliphatic hydroxyl groups excluding tert-OH is 1. The minimum atomic E-state index is -0.435. The summed E-state index contributed by atoms with van der Waals surface area (Å²) in [4.78, 5) is 0. The van der Waals surface area contributed by atoms with E-state index in [0.717, 1.165) is 25.0 Å². The molecule has 0 fully saturated rings. The third-order valence-electron chi connectivity index (χ3n) is 0.870. The minimum absolute atomic E-state index is 0.435. The van der Waals surface area contributed by atoms with Gasteiger partial charge in [0.25, 0.3) is 0 Å². The van der Waals surface area contributed by atoms with Gasteiger partial charge < -0.3 is 5.11 Å². The van der Waals surface area contributed by atoms with Gasteiger partial charge in [-0.1, -0.05) is 0 Å². The molecular weight excluding hydrogens is 140 g/mol. The highest BCUT2D eigenvalue weighted by Crippen LogP contribution is 2.03. The zero-order valence-electron chi connectivity index (χ0n) is 4.75. The standard InChI is InChI=1S/C5H12OS2/c6-5(8)3-1-2-4-7/h5-8H,1-4H2. The Balaban J connectivity index is 2.72. The van der Waals surface area contributed by atoms with Crippen LogP contribution in [-0.4, -0.2) is 16.3 Å². The van der Waals surface area contributed by atoms with Crippen molar-refractivity contribution in [2.45, 2.75) is 24.7 Å². The van der Waals surface area contributed by atoms with Crippen LogP contribution in [0, 0.1) is 0 Å². The quantitative estimate of drug-likeness (QED) is 0.315. The number of aliphatic hydroxyl groups is 1. The van der Waals surface area contributed by atoms with Crippen LogP contribution in [0.15, 0.2) is 0 Å². The first kappa shape index (κ1) is 8.66. The van der Waals surface area contributed by atoms with Crippen LogP contribution in [-0.2, 0) is 0 Å². The smallest absolute Gasteiger partial charge is 0.0964 e. The van der Waals surface area contributed by atoms with Crippen LogP contribution < -0.4 is 0 Å². The molecule has 1 nitrogen and oxygen atoms in total. The van der Waals surface area contributed by atoms with Crippen LogP contribution >= 0.6 is 25.3 Å². The maximum absolute atomic E-state index is 8.62. The summed E-state index contributed by atoms with van der Waals surface area (Å²) in [6.45, 7) is 0. The van der Waals surface area contributed by atoms with Crippen molar-refractivity contribution in [3.63, 3.8) is 0 Å². The van der Waals surface area contributed by atoms with Crippen molar-refractivity contribution in [3.8, 4) is 0 Å². The first-order valence-electron chi connectivity index (χ1n) is 2.74. The molecule has 50 valence electrons. The topological polar surface area (TPSA) is 20.2 Å². The van der Waals surface area contributed by atoms with E-state index in [4.69, 9.17) is 5.11 Å². The fourth-order valence-electron chi connectivity index (χ4n) is 0.439. The summed E-state index contributed by atoms with van der Waals surface area (Å²) in [5.41, 5.74) is -0.435. The van der Waals surface area contributed by atoms with Crippen LogP contribution in [0.1, 0.15) is 19.3 Å². The van der Waals surface area contributed by atoms with Crippen LogP contribution in [0.2, 0.25) is 0 Å². The van der Waals surface area contributed by atoms with E-state index >= 15 is 0 Å². The molecule has 1 atom stereocenters. The Morgan fingerprint density at radius 2 is 2.00 bits per heavy atom. The molecule has 0 rings (SSSR count). The Hall–Kier alpha value is 0.660. The fourth-order valence-corrected chi connectivity index (χ4v) is 0.845. The van der Waals surface area contributed by atoms with Gasteiger partial charge >= 0.3 is 0 Å². The van der Waals surface area contributed by atoms with E-state index in [1.807, 2.05) is 0 Å². The number of hydrogen-bond donors (Lipinski definition) is 3. The van der Waals surface area contributed by atoms with Gasteiger partial charge in [0.1, 0.15) is 0 Å². The molecule has 0 spiro atoms. The van der Waals surface area contributed by atoms with E-state index in [1.165, 1.54) is 0 Å². The molecule has 0 aromatic heterocycles. The maximum Gasteiger partial charge on any atom is 0.0964 e. The van der Waals surface area contributed by atoms with Gasteiger partial charge in [-0.15, -0.1) is 12.6 Å². The van der Waals surface area contributed by atoms with Crippen molar-refractivity contribution in [1.29, 1.82) is 0 Å². The van der Waals surface area contributed by atoms with Gasteiger partial charge in [-0.25, -0.2) is 0 Å². The summed E-state index contributed by atoms with van der Waals surface area (Å²) in [6, 6.07) is 0. The summed E-state index contributed by atoms with van der Waals surface area (Å²) in [6.07, 6.45) is 2.87. The van der Waals surface area contributed by atoms with E-state index in [0.29, 0.717) is 0 Å². The lowest BCUT2D eigenvalue weighted by molar-refractivity contribution is 0.251. The molecule has 8 heavy (non-hydrogen) atoms. The molecule has 0 heterocycles. The van der Waals surface area contributed by atoms with E-state index < -0.39 is 5.44 Å². The van der Waals surface area contributed by atoms with Crippen LogP contribution in [0.4, 0.5) is 0 Å². The Morgan fingerprint density at radius 1 is 1.38 bits per heavy atom. The zero-order chi connectivity index (χ0) is 6.41. The number of thiol groups is 2. The summed E-state index contributed by atoms with van der Waals surface area (Å²) >= 11 is 7.82. The van der Waals surface area contributed by atoms with E-state index in [2.05, 4.69) is 25.3 Å². The van der Waals surface area contributed by atoms with Crippen LogP contribution in [0.5, 0.6) is 0 Å². The second-order valence-corrected chi connectivity index (χ2v) is 2.74. The number of unbranched alkanes of at least 4 members (excludes halogenated alkanes) is 1. The van der Waals surface area contributed by atoms with Crippen molar-refractivity contribution in [2.24, 2.45) is 0 Å². The average Bonchev–Trinajstić information content (AvgIpc) is 1.66. The third-order valence-corrected chi connectivity index (χ3v) is 1.44. The van der Waals surface area contributed by atoms with Crippen LogP contribution in [0.25, 0.3) is 0 Å². The first-order chi connectivity index (χ1) is 3.77. The van der Waals surface area contributed by atoms with Crippen molar-refractivity contribution in [1.82, 2.24) is 0 Å². The molecule has 0 aliphatic heterocycles. The molecule has 1 unspecified atom stereocenters. The average molecular weight is 152 g/mol. The second kappa shape index (κ2) is 5.79. The van der Waals surface area contributed by atoms with Gasteiger partial charge in [0.2, 0.25) is 0 Å². The molecule has 1 N–H and O–H groups in total. The number of rotatable bonds is 4. The predicted molar refractivity (Wildman–Crippen MR) is 42.7 cm³/mol. The Kier molecular flexibility index (Phi) is 6.27. The zero-order valence-corrected chi connectivity index (χ0v) is 6.54.